The predicted octanol–water partition coefficient (Wildman–Crippen LogP) is 4.14. The van der Waals surface area contributed by atoms with E-state index in [1.165, 1.54) is 21.9 Å². The Morgan fingerprint density at radius 3 is 2.43 bits per heavy atom. The molecule has 3 rings (SSSR count). The Labute approximate surface area is 125 Å². The first-order chi connectivity index (χ1) is 10.4. The van der Waals surface area contributed by atoms with Crippen LogP contribution in [0.1, 0.15) is 11.1 Å². The molecule has 0 saturated carbocycles. The molecule has 0 spiro atoms. The quantitative estimate of drug-likeness (QED) is 0.757. The monoisotopic (exact) mass is 277 g/mol. The topological polar surface area (TPSA) is 21.3 Å². The van der Waals surface area contributed by atoms with Gasteiger partial charge in [0.2, 0.25) is 0 Å². The molecular weight excluding hydrogens is 258 g/mol. The van der Waals surface area contributed by atoms with Gasteiger partial charge in [0.25, 0.3) is 0 Å². The lowest BCUT2D eigenvalue weighted by Crippen LogP contribution is -2.07. The average Bonchev–Trinajstić information content (AvgIpc) is 2.54. The molecular formula is C19H19NO. The Kier molecular flexibility index (Phi) is 4.17. The summed E-state index contributed by atoms with van der Waals surface area (Å²) in [6.45, 7) is 1.40. The van der Waals surface area contributed by atoms with E-state index in [9.17, 15) is 0 Å². The van der Waals surface area contributed by atoms with Crippen molar-refractivity contribution in [3.63, 3.8) is 0 Å². The zero-order valence-corrected chi connectivity index (χ0v) is 12.2. The molecule has 0 heterocycles. The molecule has 2 nitrogen and oxygen atoms in total. The summed E-state index contributed by atoms with van der Waals surface area (Å²) >= 11 is 0. The standard InChI is InChI=1S/C19H19NO/c1-20-13-16-8-3-5-12-19(16)21-14-17-10-6-9-15-7-2-4-11-18(15)17/h2-12,20H,13-14H2,1H3. The van der Waals surface area contributed by atoms with Crippen molar-refractivity contribution >= 4 is 10.8 Å². The van der Waals surface area contributed by atoms with Crippen molar-refractivity contribution in [2.45, 2.75) is 13.2 Å². The van der Waals surface area contributed by atoms with Crippen LogP contribution in [0.4, 0.5) is 0 Å². The maximum absolute atomic E-state index is 6.04. The van der Waals surface area contributed by atoms with E-state index in [4.69, 9.17) is 4.74 Å². The summed E-state index contributed by atoms with van der Waals surface area (Å²) < 4.78 is 6.04. The second kappa shape index (κ2) is 6.42. The van der Waals surface area contributed by atoms with Crippen molar-refractivity contribution in [2.24, 2.45) is 0 Å². The Morgan fingerprint density at radius 1 is 0.810 bits per heavy atom. The predicted molar refractivity (Wildman–Crippen MR) is 87.5 cm³/mol. The number of fused-ring (bicyclic) bond motifs is 1. The summed E-state index contributed by atoms with van der Waals surface area (Å²) in [6.07, 6.45) is 0. The number of nitrogens with one attached hydrogen (secondary N) is 1. The van der Waals surface area contributed by atoms with Crippen LogP contribution in [-0.4, -0.2) is 7.05 Å². The SMILES string of the molecule is CNCc1ccccc1OCc1cccc2ccccc12. The first-order valence-corrected chi connectivity index (χ1v) is 7.20. The molecule has 3 aromatic carbocycles. The molecule has 0 fully saturated rings. The maximum atomic E-state index is 6.04. The Bertz CT molecular complexity index is 731. The van der Waals surface area contributed by atoms with Crippen LogP contribution in [0.25, 0.3) is 10.8 Å². The smallest absolute Gasteiger partial charge is 0.124 e. The zero-order valence-electron chi connectivity index (χ0n) is 12.2. The molecule has 0 bridgehead atoms. The number of hydrogen-bond donors (Lipinski definition) is 1. The fourth-order valence-corrected chi connectivity index (χ4v) is 2.55. The van der Waals surface area contributed by atoms with Gasteiger partial charge in [-0.3, -0.25) is 0 Å². The largest absolute Gasteiger partial charge is 0.489 e. The molecule has 0 aromatic heterocycles. The highest BCUT2D eigenvalue weighted by Gasteiger charge is 2.04. The second-order valence-corrected chi connectivity index (χ2v) is 5.07. The maximum Gasteiger partial charge on any atom is 0.124 e. The van der Waals surface area contributed by atoms with Crippen LogP contribution < -0.4 is 10.1 Å². The normalized spacial score (nSPS) is 10.7. The molecule has 3 aromatic rings. The van der Waals surface area contributed by atoms with Crippen LogP contribution in [-0.2, 0) is 13.2 Å². The van der Waals surface area contributed by atoms with Crippen LogP contribution in [0.3, 0.4) is 0 Å². The van der Waals surface area contributed by atoms with Crippen molar-refractivity contribution in [1.82, 2.24) is 5.32 Å². The minimum absolute atomic E-state index is 0.585. The van der Waals surface area contributed by atoms with Gasteiger partial charge in [0.15, 0.2) is 0 Å². The van der Waals surface area contributed by atoms with Gasteiger partial charge in [-0.1, -0.05) is 60.7 Å². The van der Waals surface area contributed by atoms with Gasteiger partial charge in [-0.2, -0.15) is 0 Å². The first kappa shape index (κ1) is 13.7. The Balaban J connectivity index is 1.84. The third-order valence-corrected chi connectivity index (χ3v) is 3.60. The highest BCUT2D eigenvalue weighted by molar-refractivity contribution is 5.85. The highest BCUT2D eigenvalue weighted by atomic mass is 16.5. The number of benzene rings is 3. The summed E-state index contributed by atoms with van der Waals surface area (Å²) in [7, 11) is 1.95. The van der Waals surface area contributed by atoms with Gasteiger partial charge in [-0.05, 0) is 29.4 Å². The van der Waals surface area contributed by atoms with Crippen molar-refractivity contribution in [3.05, 3.63) is 77.9 Å². The zero-order chi connectivity index (χ0) is 14.5. The molecule has 0 amide bonds. The lowest BCUT2D eigenvalue weighted by atomic mass is 10.1. The number of rotatable bonds is 5. The van der Waals surface area contributed by atoms with Gasteiger partial charge in [-0.25, -0.2) is 0 Å². The van der Waals surface area contributed by atoms with E-state index in [0.29, 0.717) is 6.61 Å². The number of para-hydroxylation sites is 1. The second-order valence-electron chi connectivity index (χ2n) is 5.07. The third kappa shape index (κ3) is 3.06. The van der Waals surface area contributed by atoms with Crippen LogP contribution in [0.15, 0.2) is 66.7 Å². The first-order valence-electron chi connectivity index (χ1n) is 7.20. The molecule has 2 heteroatoms. The molecule has 0 unspecified atom stereocenters. The number of ether oxygens (including phenoxy) is 1. The van der Waals surface area contributed by atoms with Gasteiger partial charge in [-0.15, -0.1) is 0 Å². The van der Waals surface area contributed by atoms with Gasteiger partial charge >= 0.3 is 0 Å². The van der Waals surface area contributed by atoms with Crippen LogP contribution in [0.5, 0.6) is 5.75 Å². The van der Waals surface area contributed by atoms with E-state index in [1.54, 1.807) is 0 Å². The lowest BCUT2D eigenvalue weighted by molar-refractivity contribution is 0.304. The van der Waals surface area contributed by atoms with Crippen molar-refractivity contribution in [1.29, 1.82) is 0 Å². The van der Waals surface area contributed by atoms with Crippen LogP contribution in [0.2, 0.25) is 0 Å². The Hall–Kier alpha value is -2.32. The minimum atomic E-state index is 0.585. The molecule has 21 heavy (non-hydrogen) atoms. The van der Waals surface area contributed by atoms with E-state index in [2.05, 4.69) is 53.8 Å². The van der Waals surface area contributed by atoms with Crippen molar-refractivity contribution < 1.29 is 4.74 Å². The fourth-order valence-electron chi connectivity index (χ4n) is 2.55. The van der Waals surface area contributed by atoms with E-state index in [1.807, 2.05) is 25.2 Å². The van der Waals surface area contributed by atoms with Gasteiger partial charge < -0.3 is 10.1 Å². The molecule has 0 atom stereocenters. The third-order valence-electron chi connectivity index (χ3n) is 3.60. The molecule has 0 aliphatic carbocycles. The van der Waals surface area contributed by atoms with Crippen molar-refractivity contribution in [2.75, 3.05) is 7.05 Å². The van der Waals surface area contributed by atoms with Gasteiger partial charge in [0.1, 0.15) is 12.4 Å². The Morgan fingerprint density at radius 2 is 1.52 bits per heavy atom. The summed E-state index contributed by atoms with van der Waals surface area (Å²) in [5.74, 6) is 0.944. The van der Waals surface area contributed by atoms with E-state index in [0.717, 1.165) is 12.3 Å². The van der Waals surface area contributed by atoms with Gasteiger partial charge in [0.05, 0.1) is 0 Å². The van der Waals surface area contributed by atoms with Crippen LogP contribution in [0, 0.1) is 0 Å². The summed E-state index contributed by atoms with van der Waals surface area (Å²) in [6, 6.07) is 22.9. The van der Waals surface area contributed by atoms with E-state index in [-0.39, 0.29) is 0 Å². The fraction of sp³-hybridized carbons (Fsp3) is 0.158. The number of hydrogen-bond acceptors (Lipinski definition) is 2. The van der Waals surface area contributed by atoms with Gasteiger partial charge in [0, 0.05) is 12.1 Å². The summed E-state index contributed by atoms with van der Waals surface area (Å²) in [5, 5.41) is 5.68. The average molecular weight is 277 g/mol. The molecule has 1 N–H and O–H groups in total. The van der Waals surface area contributed by atoms with E-state index < -0.39 is 0 Å². The van der Waals surface area contributed by atoms with E-state index >= 15 is 0 Å². The molecule has 106 valence electrons. The van der Waals surface area contributed by atoms with Crippen molar-refractivity contribution in [3.8, 4) is 5.75 Å². The molecule has 0 radical (unpaired) electrons. The molecule has 0 saturated heterocycles. The molecule has 0 aliphatic rings. The lowest BCUT2D eigenvalue weighted by Gasteiger charge is -2.12. The summed E-state index contributed by atoms with van der Waals surface area (Å²) in [5.41, 5.74) is 2.40. The minimum Gasteiger partial charge on any atom is -0.489 e. The highest BCUT2D eigenvalue weighted by Crippen LogP contribution is 2.22. The molecule has 0 aliphatic heterocycles. The summed E-state index contributed by atoms with van der Waals surface area (Å²) in [4.78, 5) is 0. The van der Waals surface area contributed by atoms with Crippen LogP contribution >= 0.6 is 0 Å².